The van der Waals surface area contributed by atoms with Gasteiger partial charge in [-0.1, -0.05) is 51.2 Å². The average Bonchev–Trinajstić information content (AvgIpc) is 2.33. The van der Waals surface area contributed by atoms with Crippen molar-refractivity contribution in [2.45, 2.75) is 56.8 Å². The molecule has 19 heavy (non-hydrogen) atoms. The van der Waals surface area contributed by atoms with Crippen LogP contribution in [-0.2, 0) is 16.5 Å². The number of aryl methyl sites for hydroxylation is 1. The second-order valence-corrected chi connectivity index (χ2v) is 6.06. The van der Waals surface area contributed by atoms with Gasteiger partial charge in [0.15, 0.2) is 0 Å². The molecular formula is C14H23NaO3S. The minimum absolute atomic E-state index is 0. The Hall–Kier alpha value is 0.130. The molecule has 1 rings (SSSR count). The third kappa shape index (κ3) is 8.10. The number of unbranched alkanes of at least 4 members (excludes halogenated alkanes) is 5. The first kappa shape index (κ1) is 19.1. The van der Waals surface area contributed by atoms with Crippen molar-refractivity contribution in [1.29, 1.82) is 0 Å². The van der Waals surface area contributed by atoms with Crippen molar-refractivity contribution in [2.24, 2.45) is 0 Å². The molecule has 0 fully saturated rings. The van der Waals surface area contributed by atoms with E-state index in [1.165, 1.54) is 44.2 Å². The Bertz CT molecular complexity index is 440. The van der Waals surface area contributed by atoms with Crippen LogP contribution in [0.5, 0.6) is 0 Å². The molecule has 104 valence electrons. The molecule has 0 aromatic heterocycles. The van der Waals surface area contributed by atoms with Crippen LogP contribution in [0.3, 0.4) is 0 Å². The van der Waals surface area contributed by atoms with Gasteiger partial charge in [0.1, 0.15) is 0 Å². The zero-order valence-electron chi connectivity index (χ0n) is 10.9. The van der Waals surface area contributed by atoms with Gasteiger partial charge in [-0.2, -0.15) is 8.42 Å². The Morgan fingerprint density at radius 3 is 2.00 bits per heavy atom. The summed E-state index contributed by atoms with van der Waals surface area (Å²) >= 11 is 0. The topological polar surface area (TPSA) is 54.4 Å². The van der Waals surface area contributed by atoms with Gasteiger partial charge in [-0.05, 0) is 30.5 Å². The van der Waals surface area contributed by atoms with Crippen molar-refractivity contribution >= 4 is 39.7 Å². The summed E-state index contributed by atoms with van der Waals surface area (Å²) in [5.41, 5.74) is 1.12. The van der Waals surface area contributed by atoms with Gasteiger partial charge in [-0.15, -0.1) is 0 Å². The Kier molecular flexibility index (Phi) is 10.0. The number of hydrogen-bond donors (Lipinski definition) is 1. The summed E-state index contributed by atoms with van der Waals surface area (Å²) in [7, 11) is -4.06. The predicted octanol–water partition coefficient (Wildman–Crippen LogP) is 3.19. The normalized spacial score (nSPS) is 11.1. The molecule has 0 unspecified atom stereocenters. The van der Waals surface area contributed by atoms with Crippen LogP contribution in [0.25, 0.3) is 0 Å². The van der Waals surface area contributed by atoms with E-state index < -0.39 is 10.1 Å². The number of benzene rings is 1. The van der Waals surface area contributed by atoms with E-state index in [0.717, 1.165) is 18.4 Å². The van der Waals surface area contributed by atoms with E-state index in [1.54, 1.807) is 12.1 Å². The molecule has 0 bridgehead atoms. The van der Waals surface area contributed by atoms with Crippen molar-refractivity contribution in [3.63, 3.8) is 0 Å². The molecule has 0 heterocycles. The van der Waals surface area contributed by atoms with Crippen molar-refractivity contribution in [2.75, 3.05) is 0 Å². The first-order valence-corrected chi connectivity index (χ1v) is 8.04. The molecule has 5 heteroatoms. The van der Waals surface area contributed by atoms with Crippen LogP contribution in [0, 0.1) is 0 Å². The van der Waals surface area contributed by atoms with E-state index in [2.05, 4.69) is 6.92 Å². The summed E-state index contributed by atoms with van der Waals surface area (Å²) in [6.45, 7) is 2.21. The van der Waals surface area contributed by atoms with E-state index in [9.17, 15) is 8.42 Å². The molecule has 0 spiro atoms. The molecule has 0 aliphatic heterocycles. The molecule has 0 saturated carbocycles. The first-order chi connectivity index (χ1) is 8.54. The summed E-state index contributed by atoms with van der Waals surface area (Å²) in [6.07, 6.45) is 8.47. The molecule has 1 aromatic rings. The first-order valence-electron chi connectivity index (χ1n) is 6.60. The monoisotopic (exact) mass is 294 g/mol. The van der Waals surface area contributed by atoms with Crippen molar-refractivity contribution < 1.29 is 13.0 Å². The fourth-order valence-corrected chi connectivity index (χ4v) is 2.42. The van der Waals surface area contributed by atoms with Gasteiger partial charge in [-0.25, -0.2) is 0 Å². The summed E-state index contributed by atoms with van der Waals surface area (Å²) in [4.78, 5) is -0.0332. The maximum absolute atomic E-state index is 10.9. The minimum atomic E-state index is -4.06. The molecule has 1 aromatic carbocycles. The van der Waals surface area contributed by atoms with Gasteiger partial charge < -0.3 is 0 Å². The van der Waals surface area contributed by atoms with Crippen LogP contribution < -0.4 is 0 Å². The summed E-state index contributed by atoms with van der Waals surface area (Å²) < 4.78 is 30.6. The SMILES string of the molecule is CCCCCCCCc1ccc(S(=O)(=O)O)cc1.[NaH]. The van der Waals surface area contributed by atoms with Crippen LogP contribution in [0.2, 0.25) is 0 Å². The Labute approximate surface area is 138 Å². The van der Waals surface area contributed by atoms with Gasteiger partial charge in [-0.3, -0.25) is 4.55 Å². The molecule has 0 amide bonds. The summed E-state index contributed by atoms with van der Waals surface area (Å²) in [6, 6.07) is 6.47. The fourth-order valence-electron chi connectivity index (χ4n) is 1.94. The number of hydrogen-bond acceptors (Lipinski definition) is 2. The van der Waals surface area contributed by atoms with Crippen molar-refractivity contribution in [3.05, 3.63) is 29.8 Å². The third-order valence-corrected chi connectivity index (χ3v) is 3.91. The van der Waals surface area contributed by atoms with E-state index in [4.69, 9.17) is 4.55 Å². The predicted molar refractivity (Wildman–Crippen MR) is 80.5 cm³/mol. The van der Waals surface area contributed by atoms with Crippen molar-refractivity contribution in [3.8, 4) is 0 Å². The second kappa shape index (κ2) is 9.94. The summed E-state index contributed by atoms with van der Waals surface area (Å²) in [5, 5.41) is 0. The number of rotatable bonds is 8. The third-order valence-electron chi connectivity index (χ3n) is 3.04. The molecular weight excluding hydrogens is 271 g/mol. The van der Waals surface area contributed by atoms with E-state index >= 15 is 0 Å². The average molecular weight is 294 g/mol. The zero-order valence-corrected chi connectivity index (χ0v) is 11.7. The standard InChI is InChI=1S/C14H22O3S.Na.H/c1-2-3-4-5-6-7-8-13-9-11-14(12-10-13)18(15,16)17;;/h9-12H,2-8H2,1H3,(H,15,16,17);;. The van der Waals surface area contributed by atoms with Crippen LogP contribution in [0.1, 0.15) is 51.0 Å². The quantitative estimate of drug-likeness (QED) is 0.455. The van der Waals surface area contributed by atoms with Crippen LogP contribution in [-0.4, -0.2) is 42.5 Å². The van der Waals surface area contributed by atoms with Crippen LogP contribution >= 0.6 is 0 Å². The van der Waals surface area contributed by atoms with Gasteiger partial charge in [0.25, 0.3) is 10.1 Å². The molecule has 0 aliphatic carbocycles. The van der Waals surface area contributed by atoms with Crippen LogP contribution in [0.4, 0.5) is 0 Å². The van der Waals surface area contributed by atoms with E-state index in [1.807, 2.05) is 0 Å². The maximum atomic E-state index is 10.9. The second-order valence-electron chi connectivity index (χ2n) is 4.64. The summed E-state index contributed by atoms with van der Waals surface area (Å²) in [5.74, 6) is 0. The Balaban J connectivity index is 0.00000324. The van der Waals surface area contributed by atoms with E-state index in [-0.39, 0.29) is 34.5 Å². The molecule has 0 aliphatic rings. The molecule has 1 N–H and O–H groups in total. The van der Waals surface area contributed by atoms with Gasteiger partial charge in [0.2, 0.25) is 0 Å². The van der Waals surface area contributed by atoms with Gasteiger partial charge in [0.05, 0.1) is 4.90 Å². The Morgan fingerprint density at radius 2 is 1.47 bits per heavy atom. The van der Waals surface area contributed by atoms with E-state index in [0.29, 0.717) is 0 Å². The van der Waals surface area contributed by atoms with Gasteiger partial charge in [0, 0.05) is 0 Å². The van der Waals surface area contributed by atoms with Crippen LogP contribution in [0.15, 0.2) is 29.2 Å². The zero-order chi connectivity index (χ0) is 13.4. The molecule has 3 nitrogen and oxygen atoms in total. The van der Waals surface area contributed by atoms with Gasteiger partial charge >= 0.3 is 29.6 Å². The Morgan fingerprint density at radius 1 is 0.947 bits per heavy atom. The molecule has 0 saturated heterocycles. The fraction of sp³-hybridized carbons (Fsp3) is 0.571. The van der Waals surface area contributed by atoms with Crippen molar-refractivity contribution in [1.82, 2.24) is 0 Å². The molecule has 0 atom stereocenters. The molecule has 0 radical (unpaired) electrons.